The Labute approximate surface area is 96.4 Å². The van der Waals surface area contributed by atoms with Gasteiger partial charge in [-0.2, -0.15) is 0 Å². The molecule has 0 amide bonds. The van der Waals surface area contributed by atoms with Crippen molar-refractivity contribution < 1.29 is 0 Å². The van der Waals surface area contributed by atoms with E-state index in [1.165, 1.54) is 35.0 Å². The predicted octanol–water partition coefficient (Wildman–Crippen LogP) is 4.46. The summed E-state index contributed by atoms with van der Waals surface area (Å²) in [5, 5.41) is 2.15. The predicted molar refractivity (Wildman–Crippen MR) is 62.7 cm³/mol. The van der Waals surface area contributed by atoms with Crippen LogP contribution in [0.15, 0.2) is 15.9 Å². The van der Waals surface area contributed by atoms with Gasteiger partial charge >= 0.3 is 0 Å². The van der Waals surface area contributed by atoms with Crippen LogP contribution >= 0.6 is 38.9 Å². The van der Waals surface area contributed by atoms with Crippen LogP contribution in [-0.2, 0) is 6.42 Å². The third kappa shape index (κ3) is 2.11. The normalized spacial score (nSPS) is 19.8. The molecule has 1 fully saturated rings. The molecule has 0 aliphatic heterocycles. The van der Waals surface area contributed by atoms with Crippen LogP contribution in [0, 0.1) is 5.41 Å². The molecule has 0 aromatic carbocycles. The van der Waals surface area contributed by atoms with E-state index in [0.29, 0.717) is 5.41 Å². The lowest BCUT2D eigenvalue weighted by Crippen LogP contribution is -2.33. The Balaban J connectivity index is 2.04. The molecule has 1 saturated carbocycles. The summed E-state index contributed by atoms with van der Waals surface area (Å²) < 4.78 is 1.21. The van der Waals surface area contributed by atoms with Crippen molar-refractivity contribution in [2.75, 3.05) is 5.88 Å². The number of hydrogen-bond acceptors (Lipinski definition) is 1. The van der Waals surface area contributed by atoms with E-state index >= 15 is 0 Å². The summed E-state index contributed by atoms with van der Waals surface area (Å²) in [4.78, 5) is 1.47. The Morgan fingerprint density at radius 1 is 1.54 bits per heavy atom. The van der Waals surface area contributed by atoms with Gasteiger partial charge in [-0.3, -0.25) is 0 Å². The van der Waals surface area contributed by atoms with Crippen molar-refractivity contribution in [1.82, 2.24) is 0 Å². The maximum atomic E-state index is 6.01. The molecule has 3 heteroatoms. The quantitative estimate of drug-likeness (QED) is 0.717. The lowest BCUT2D eigenvalue weighted by Gasteiger charge is -2.40. The molecular formula is C10H12BrClS. The Bertz CT molecular complexity index is 285. The summed E-state index contributed by atoms with van der Waals surface area (Å²) in [6, 6.07) is 2.22. The Kier molecular flexibility index (Phi) is 3.01. The number of hydrogen-bond donors (Lipinski definition) is 0. The molecule has 0 bridgehead atoms. The maximum absolute atomic E-state index is 6.01. The van der Waals surface area contributed by atoms with Gasteiger partial charge in [0, 0.05) is 20.6 Å². The lowest BCUT2D eigenvalue weighted by atomic mass is 9.68. The SMILES string of the molecule is ClCC1(Cc2cc(Br)cs2)CCC1. The van der Waals surface area contributed by atoms with Gasteiger partial charge in [0.15, 0.2) is 0 Å². The molecule has 72 valence electrons. The summed E-state index contributed by atoms with van der Waals surface area (Å²) in [5.41, 5.74) is 0.436. The molecule has 1 aromatic heterocycles. The van der Waals surface area contributed by atoms with Crippen LogP contribution in [-0.4, -0.2) is 5.88 Å². The molecule has 1 aliphatic rings. The van der Waals surface area contributed by atoms with Crippen molar-refractivity contribution in [2.24, 2.45) is 5.41 Å². The number of thiophene rings is 1. The molecule has 0 atom stereocenters. The molecule has 1 heterocycles. The second-order valence-corrected chi connectivity index (χ2v) is 6.07. The molecule has 2 rings (SSSR count). The van der Waals surface area contributed by atoms with Crippen LogP contribution < -0.4 is 0 Å². The van der Waals surface area contributed by atoms with Crippen molar-refractivity contribution in [1.29, 1.82) is 0 Å². The average Bonchev–Trinajstić information content (AvgIpc) is 2.44. The fourth-order valence-electron chi connectivity index (χ4n) is 1.85. The van der Waals surface area contributed by atoms with Gasteiger partial charge in [0.05, 0.1) is 0 Å². The van der Waals surface area contributed by atoms with E-state index in [2.05, 4.69) is 27.4 Å². The van der Waals surface area contributed by atoms with Crippen LogP contribution in [0.3, 0.4) is 0 Å². The highest BCUT2D eigenvalue weighted by Gasteiger charge is 2.36. The Morgan fingerprint density at radius 3 is 2.69 bits per heavy atom. The largest absolute Gasteiger partial charge is 0.148 e. The fraction of sp³-hybridized carbons (Fsp3) is 0.600. The van der Waals surface area contributed by atoms with Gasteiger partial charge in [-0.05, 0) is 46.7 Å². The van der Waals surface area contributed by atoms with Gasteiger partial charge in [-0.15, -0.1) is 22.9 Å². The van der Waals surface area contributed by atoms with Crippen LogP contribution in [0.25, 0.3) is 0 Å². The minimum atomic E-state index is 0.436. The summed E-state index contributed by atoms with van der Waals surface area (Å²) in [7, 11) is 0. The lowest BCUT2D eigenvalue weighted by molar-refractivity contribution is 0.167. The van der Waals surface area contributed by atoms with Gasteiger partial charge in [0.2, 0.25) is 0 Å². The minimum Gasteiger partial charge on any atom is -0.148 e. The molecule has 0 saturated heterocycles. The van der Waals surface area contributed by atoms with Crippen molar-refractivity contribution in [2.45, 2.75) is 25.7 Å². The maximum Gasteiger partial charge on any atom is 0.0285 e. The summed E-state index contributed by atoms with van der Waals surface area (Å²) >= 11 is 11.3. The van der Waals surface area contributed by atoms with Crippen LogP contribution in [0.2, 0.25) is 0 Å². The number of halogens is 2. The molecule has 0 spiro atoms. The van der Waals surface area contributed by atoms with Crippen LogP contribution in [0.5, 0.6) is 0 Å². The van der Waals surface area contributed by atoms with E-state index in [-0.39, 0.29) is 0 Å². The van der Waals surface area contributed by atoms with E-state index < -0.39 is 0 Å². The van der Waals surface area contributed by atoms with Gasteiger partial charge in [0.25, 0.3) is 0 Å². The van der Waals surface area contributed by atoms with Crippen LogP contribution in [0.1, 0.15) is 24.1 Å². The first kappa shape index (κ1) is 10.0. The van der Waals surface area contributed by atoms with E-state index in [4.69, 9.17) is 11.6 Å². The van der Waals surface area contributed by atoms with E-state index in [1.54, 1.807) is 0 Å². The molecule has 0 nitrogen and oxygen atoms in total. The second-order valence-electron chi connectivity index (χ2n) is 3.90. The fourth-order valence-corrected chi connectivity index (χ4v) is 3.84. The van der Waals surface area contributed by atoms with E-state index in [0.717, 1.165) is 5.88 Å². The molecule has 1 aromatic rings. The average molecular weight is 280 g/mol. The molecule has 0 radical (unpaired) electrons. The highest BCUT2D eigenvalue weighted by Crippen LogP contribution is 2.45. The zero-order valence-corrected chi connectivity index (χ0v) is 10.5. The van der Waals surface area contributed by atoms with Gasteiger partial charge in [0.1, 0.15) is 0 Å². The van der Waals surface area contributed by atoms with E-state index in [1.807, 2.05) is 11.3 Å². The minimum absolute atomic E-state index is 0.436. The van der Waals surface area contributed by atoms with Gasteiger partial charge in [-0.25, -0.2) is 0 Å². The third-order valence-electron chi connectivity index (χ3n) is 2.87. The highest BCUT2D eigenvalue weighted by atomic mass is 79.9. The first-order valence-corrected chi connectivity index (χ1v) is 6.74. The zero-order chi connectivity index (χ0) is 9.31. The molecule has 0 unspecified atom stereocenters. The monoisotopic (exact) mass is 278 g/mol. The second kappa shape index (κ2) is 3.92. The number of alkyl halides is 1. The van der Waals surface area contributed by atoms with Crippen molar-refractivity contribution in [3.8, 4) is 0 Å². The van der Waals surface area contributed by atoms with E-state index in [9.17, 15) is 0 Å². The van der Waals surface area contributed by atoms with Crippen molar-refractivity contribution in [3.05, 3.63) is 20.8 Å². The summed E-state index contributed by atoms with van der Waals surface area (Å²) in [6.07, 6.45) is 5.16. The molecule has 0 N–H and O–H groups in total. The van der Waals surface area contributed by atoms with Gasteiger partial charge < -0.3 is 0 Å². The molecular weight excluding hydrogens is 268 g/mol. The first-order chi connectivity index (χ1) is 6.24. The topological polar surface area (TPSA) is 0 Å². The number of rotatable bonds is 3. The Hall–Kier alpha value is 0.470. The summed E-state index contributed by atoms with van der Waals surface area (Å²) in [5.74, 6) is 0.822. The van der Waals surface area contributed by atoms with Crippen LogP contribution in [0.4, 0.5) is 0 Å². The standard InChI is InChI=1S/C10H12BrClS/c11-8-4-9(13-6-8)5-10(7-12)2-1-3-10/h4,6H,1-3,5,7H2. The highest BCUT2D eigenvalue weighted by molar-refractivity contribution is 9.10. The first-order valence-electron chi connectivity index (χ1n) is 4.53. The molecule has 13 heavy (non-hydrogen) atoms. The summed E-state index contributed by atoms with van der Waals surface area (Å²) in [6.45, 7) is 0. The van der Waals surface area contributed by atoms with Gasteiger partial charge in [-0.1, -0.05) is 6.42 Å². The van der Waals surface area contributed by atoms with Crippen molar-refractivity contribution >= 4 is 38.9 Å². The third-order valence-corrected chi connectivity index (χ3v) is 5.13. The smallest absolute Gasteiger partial charge is 0.0285 e. The Morgan fingerprint density at radius 2 is 2.31 bits per heavy atom. The molecule has 1 aliphatic carbocycles. The zero-order valence-electron chi connectivity index (χ0n) is 7.35. The van der Waals surface area contributed by atoms with Crippen molar-refractivity contribution in [3.63, 3.8) is 0 Å².